The lowest BCUT2D eigenvalue weighted by molar-refractivity contribution is -0.0554. The van der Waals surface area contributed by atoms with Crippen LogP contribution in [0.4, 0.5) is 4.79 Å². The molecule has 0 saturated heterocycles. The number of aryl methyl sites for hydroxylation is 1. The van der Waals surface area contributed by atoms with E-state index in [-0.39, 0.29) is 19.3 Å². The van der Waals surface area contributed by atoms with E-state index < -0.39 is 11.8 Å². The molecule has 1 heterocycles. The van der Waals surface area contributed by atoms with Crippen LogP contribution < -0.4 is 0 Å². The first-order valence-electron chi connectivity index (χ1n) is 11.4. The summed E-state index contributed by atoms with van der Waals surface area (Å²) < 4.78 is 12.0. The topological polar surface area (TPSA) is 93.8 Å². The number of benzene rings is 2. The molecule has 2 N–H and O–H groups in total. The number of hydrogen-bond acceptors (Lipinski definition) is 6. The Balaban J connectivity index is 1.63. The molecule has 0 amide bonds. The molecule has 0 atom stereocenters. The zero-order valence-electron chi connectivity index (χ0n) is 19.0. The van der Waals surface area contributed by atoms with Gasteiger partial charge in [-0.2, -0.15) is 5.10 Å². The Morgan fingerprint density at radius 1 is 1.12 bits per heavy atom. The van der Waals surface area contributed by atoms with Gasteiger partial charge in [0.05, 0.1) is 30.3 Å². The van der Waals surface area contributed by atoms with Crippen molar-refractivity contribution in [3.05, 3.63) is 71.4 Å². The normalized spacial score (nSPS) is 20.4. The van der Waals surface area contributed by atoms with Gasteiger partial charge in [0.15, 0.2) is 0 Å². The molecule has 1 aromatic heterocycles. The Kier molecular flexibility index (Phi) is 6.81. The minimum Gasteiger partial charge on any atom is -0.435 e. The molecule has 7 heteroatoms. The van der Waals surface area contributed by atoms with Crippen molar-refractivity contribution >= 4 is 6.16 Å². The predicted octanol–water partition coefficient (Wildman–Crippen LogP) is 4.64. The molecule has 4 rings (SSSR count). The minimum atomic E-state index is -1.11. The number of carbonyl (C=O) groups excluding carboxylic acids is 1. The maximum absolute atomic E-state index is 11.6. The molecule has 1 aliphatic rings. The minimum absolute atomic E-state index is 0.0236. The van der Waals surface area contributed by atoms with Crippen LogP contribution in [0.25, 0.3) is 16.9 Å². The van der Waals surface area contributed by atoms with E-state index in [0.29, 0.717) is 31.4 Å². The monoisotopic (exact) mass is 450 g/mol. The van der Waals surface area contributed by atoms with E-state index in [1.807, 2.05) is 66.2 Å². The van der Waals surface area contributed by atoms with Crippen LogP contribution in [0.15, 0.2) is 54.6 Å². The maximum Gasteiger partial charge on any atom is 0.508 e. The summed E-state index contributed by atoms with van der Waals surface area (Å²) in [7, 11) is 0. The van der Waals surface area contributed by atoms with E-state index in [1.165, 1.54) is 0 Å². The molecule has 3 aromatic rings. The van der Waals surface area contributed by atoms with Crippen molar-refractivity contribution in [2.24, 2.45) is 0 Å². The van der Waals surface area contributed by atoms with Crippen molar-refractivity contribution in [2.45, 2.75) is 57.8 Å². The van der Waals surface area contributed by atoms with E-state index in [0.717, 1.165) is 28.1 Å². The highest BCUT2D eigenvalue weighted by Gasteiger charge is 2.39. The summed E-state index contributed by atoms with van der Waals surface area (Å²) in [5, 5.41) is 25.7. The highest BCUT2D eigenvalue weighted by atomic mass is 16.7. The molecule has 1 fully saturated rings. The zero-order valence-corrected chi connectivity index (χ0v) is 19.0. The van der Waals surface area contributed by atoms with Crippen molar-refractivity contribution in [3.8, 4) is 16.9 Å². The van der Waals surface area contributed by atoms with E-state index in [2.05, 4.69) is 0 Å². The lowest BCUT2D eigenvalue weighted by Crippen LogP contribution is -2.35. The van der Waals surface area contributed by atoms with Crippen molar-refractivity contribution < 1.29 is 24.5 Å². The number of aliphatic hydroxyl groups excluding tert-OH is 1. The summed E-state index contributed by atoms with van der Waals surface area (Å²) >= 11 is 0. The van der Waals surface area contributed by atoms with Crippen LogP contribution in [-0.2, 0) is 21.7 Å². The number of carbonyl (C=O) groups is 1. The Hall–Kier alpha value is -3.16. The summed E-state index contributed by atoms with van der Waals surface area (Å²) in [6.07, 6.45) is 1.01. The standard InChI is InChI=1S/C26H30N2O5/c1-3-32-25(30)33-22-12-14-26(31,15-13-22)24-16-23(20-8-4-18(2)5-9-20)28(27-24)21-10-6-19(17-29)7-11-21/h4-11,16,22,29,31H,3,12-15,17H2,1-2H3. The second kappa shape index (κ2) is 9.77. The number of ether oxygens (including phenoxy) is 2. The lowest BCUT2D eigenvalue weighted by atomic mass is 9.81. The van der Waals surface area contributed by atoms with Gasteiger partial charge in [0.25, 0.3) is 0 Å². The molecular formula is C26H30N2O5. The van der Waals surface area contributed by atoms with Crippen molar-refractivity contribution in [3.63, 3.8) is 0 Å². The first-order valence-corrected chi connectivity index (χ1v) is 11.4. The van der Waals surface area contributed by atoms with Gasteiger partial charge in [0.2, 0.25) is 0 Å². The Bertz CT molecular complexity index is 1080. The molecule has 0 spiro atoms. The van der Waals surface area contributed by atoms with Crippen LogP contribution >= 0.6 is 0 Å². The fourth-order valence-corrected chi connectivity index (χ4v) is 4.21. The van der Waals surface area contributed by atoms with Crippen molar-refractivity contribution in [1.29, 1.82) is 0 Å². The van der Waals surface area contributed by atoms with Gasteiger partial charge in [-0.25, -0.2) is 9.48 Å². The number of hydrogen-bond donors (Lipinski definition) is 2. The molecule has 33 heavy (non-hydrogen) atoms. The summed E-state index contributed by atoms with van der Waals surface area (Å²) in [5.41, 5.74) is 4.19. The van der Waals surface area contributed by atoms with Crippen molar-refractivity contribution in [1.82, 2.24) is 9.78 Å². The summed E-state index contributed by atoms with van der Waals surface area (Å²) in [5.74, 6) is 0. The van der Waals surface area contributed by atoms with E-state index in [4.69, 9.17) is 14.6 Å². The maximum atomic E-state index is 11.6. The summed E-state index contributed by atoms with van der Waals surface area (Å²) in [6, 6.07) is 17.7. The van der Waals surface area contributed by atoms with Crippen LogP contribution in [0, 0.1) is 6.92 Å². The molecule has 0 unspecified atom stereocenters. The van der Waals surface area contributed by atoms with E-state index in [9.17, 15) is 15.0 Å². The smallest absolute Gasteiger partial charge is 0.435 e. The quantitative estimate of drug-likeness (QED) is 0.531. The highest BCUT2D eigenvalue weighted by molar-refractivity contribution is 5.63. The lowest BCUT2D eigenvalue weighted by Gasteiger charge is -2.34. The van der Waals surface area contributed by atoms with Gasteiger partial charge >= 0.3 is 6.16 Å². The van der Waals surface area contributed by atoms with Crippen LogP contribution in [0.2, 0.25) is 0 Å². The Morgan fingerprint density at radius 3 is 2.39 bits per heavy atom. The number of aromatic nitrogens is 2. The van der Waals surface area contributed by atoms with Gasteiger partial charge in [-0.15, -0.1) is 0 Å². The second-order valence-electron chi connectivity index (χ2n) is 8.55. The van der Waals surface area contributed by atoms with Crippen LogP contribution in [0.3, 0.4) is 0 Å². The number of nitrogens with zero attached hydrogens (tertiary/aromatic N) is 2. The van der Waals surface area contributed by atoms with Crippen LogP contribution in [-0.4, -0.2) is 38.9 Å². The molecule has 1 saturated carbocycles. The second-order valence-corrected chi connectivity index (χ2v) is 8.55. The zero-order chi connectivity index (χ0) is 23.4. The number of aliphatic hydroxyl groups is 2. The van der Waals surface area contributed by atoms with Crippen LogP contribution in [0.5, 0.6) is 0 Å². The molecule has 2 aromatic carbocycles. The third-order valence-corrected chi connectivity index (χ3v) is 6.18. The van der Waals surface area contributed by atoms with Gasteiger partial charge in [0, 0.05) is 5.56 Å². The first-order chi connectivity index (χ1) is 15.9. The van der Waals surface area contributed by atoms with E-state index >= 15 is 0 Å². The largest absolute Gasteiger partial charge is 0.508 e. The number of rotatable bonds is 6. The SMILES string of the molecule is CCOC(=O)OC1CCC(O)(c2cc(-c3ccc(C)cc3)n(-c3ccc(CO)cc3)n2)CC1. The average Bonchev–Trinajstić information content (AvgIpc) is 3.28. The first kappa shape index (κ1) is 23.0. The van der Waals surface area contributed by atoms with Crippen LogP contribution in [0.1, 0.15) is 49.4 Å². The molecular weight excluding hydrogens is 420 g/mol. The molecule has 7 nitrogen and oxygen atoms in total. The van der Waals surface area contributed by atoms with E-state index in [1.54, 1.807) is 6.92 Å². The van der Waals surface area contributed by atoms with Gasteiger partial charge in [-0.1, -0.05) is 42.0 Å². The summed E-state index contributed by atoms with van der Waals surface area (Å²) in [6.45, 7) is 4.03. The fraction of sp³-hybridized carbons (Fsp3) is 0.385. The third kappa shape index (κ3) is 5.10. The van der Waals surface area contributed by atoms with Gasteiger partial charge in [0.1, 0.15) is 11.7 Å². The Morgan fingerprint density at radius 2 is 1.79 bits per heavy atom. The average molecular weight is 451 g/mol. The molecule has 174 valence electrons. The summed E-state index contributed by atoms with van der Waals surface area (Å²) in [4.78, 5) is 11.6. The van der Waals surface area contributed by atoms with Gasteiger partial charge in [-0.3, -0.25) is 0 Å². The van der Waals surface area contributed by atoms with Gasteiger partial charge in [-0.05, 0) is 63.3 Å². The molecule has 1 aliphatic carbocycles. The highest BCUT2D eigenvalue weighted by Crippen LogP contribution is 2.39. The van der Waals surface area contributed by atoms with Gasteiger partial charge < -0.3 is 19.7 Å². The molecule has 0 aliphatic heterocycles. The van der Waals surface area contributed by atoms with Crippen molar-refractivity contribution in [2.75, 3.05) is 6.61 Å². The Labute approximate surface area is 193 Å². The predicted molar refractivity (Wildman–Crippen MR) is 124 cm³/mol. The fourth-order valence-electron chi connectivity index (χ4n) is 4.21. The molecule has 0 radical (unpaired) electrons. The third-order valence-electron chi connectivity index (χ3n) is 6.18. The molecule has 0 bridgehead atoms.